The maximum absolute atomic E-state index is 11.9. The van der Waals surface area contributed by atoms with Crippen LogP contribution in [-0.4, -0.2) is 42.4 Å². The first-order valence-electron chi connectivity index (χ1n) is 11.3. The highest BCUT2D eigenvalue weighted by molar-refractivity contribution is 5.96. The van der Waals surface area contributed by atoms with Crippen LogP contribution in [0.25, 0.3) is 0 Å². The molecule has 0 unspecified atom stereocenters. The van der Waals surface area contributed by atoms with Crippen molar-refractivity contribution in [2.75, 3.05) is 13.6 Å². The fourth-order valence-electron chi connectivity index (χ4n) is 2.87. The van der Waals surface area contributed by atoms with Gasteiger partial charge in [-0.25, -0.2) is 0 Å². The molecule has 0 aliphatic heterocycles. The fraction of sp³-hybridized carbons (Fsp3) is 0.783. The van der Waals surface area contributed by atoms with Gasteiger partial charge in [0.25, 0.3) is 0 Å². The Kier molecular flexibility index (Phi) is 17.0. The van der Waals surface area contributed by atoms with Crippen molar-refractivity contribution in [1.29, 1.82) is 5.41 Å². The van der Waals surface area contributed by atoms with E-state index in [1.807, 2.05) is 0 Å². The third kappa shape index (κ3) is 17.9. The first-order chi connectivity index (χ1) is 13.9. The second-order valence-electron chi connectivity index (χ2n) is 7.92. The predicted octanol–water partition coefficient (Wildman–Crippen LogP) is 5.18. The summed E-state index contributed by atoms with van der Waals surface area (Å²) in [5.41, 5.74) is 0. The Balaban J connectivity index is 3.63. The lowest BCUT2D eigenvalue weighted by molar-refractivity contribution is -0.147. The molecule has 0 atom stereocenters. The average Bonchev–Trinajstić information content (AvgIpc) is 2.64. The van der Waals surface area contributed by atoms with E-state index in [0.29, 0.717) is 6.42 Å². The molecule has 1 amide bonds. The van der Waals surface area contributed by atoms with Crippen molar-refractivity contribution >= 4 is 17.8 Å². The van der Waals surface area contributed by atoms with E-state index in [9.17, 15) is 9.59 Å². The monoisotopic (exact) mass is 409 g/mol. The summed E-state index contributed by atoms with van der Waals surface area (Å²) < 4.78 is 5.03. The summed E-state index contributed by atoms with van der Waals surface area (Å²) in [6.45, 7) is 5.74. The van der Waals surface area contributed by atoms with E-state index >= 15 is 0 Å². The lowest BCUT2D eigenvalue weighted by Crippen LogP contribution is -2.44. The van der Waals surface area contributed by atoms with Gasteiger partial charge in [-0.05, 0) is 46.0 Å². The summed E-state index contributed by atoms with van der Waals surface area (Å²) in [6.07, 6.45) is 17.9. The summed E-state index contributed by atoms with van der Waals surface area (Å²) >= 11 is 0. The largest absolute Gasteiger partial charge is 0.462 e. The molecular formula is C23H43N3O3. The van der Waals surface area contributed by atoms with E-state index < -0.39 is 5.97 Å². The van der Waals surface area contributed by atoms with Crippen LogP contribution in [0.5, 0.6) is 0 Å². The number of esters is 1. The molecule has 2 N–H and O–H groups in total. The minimum atomic E-state index is -0.409. The number of unbranched alkanes of at least 4 members (excludes halogenated alkanes) is 9. The molecule has 29 heavy (non-hydrogen) atoms. The molecule has 6 nitrogen and oxygen atoms in total. The fourth-order valence-corrected chi connectivity index (χ4v) is 2.87. The summed E-state index contributed by atoms with van der Waals surface area (Å²) in [5.74, 6) is -0.657. The number of amides is 1. The number of carbonyl (C=O) groups excluding carboxylic acids is 2. The lowest BCUT2D eigenvalue weighted by Gasteiger charge is -2.20. The maximum atomic E-state index is 11.9. The molecule has 0 rings (SSSR count). The van der Waals surface area contributed by atoms with Gasteiger partial charge in [-0.1, -0.05) is 57.6 Å². The molecule has 0 spiro atoms. The number of guanidine groups is 1. The van der Waals surface area contributed by atoms with Crippen molar-refractivity contribution in [2.45, 2.75) is 104 Å². The Bertz CT molecular complexity index is 490. The topological polar surface area (TPSA) is 82.5 Å². The van der Waals surface area contributed by atoms with Gasteiger partial charge in [0, 0.05) is 13.5 Å². The zero-order valence-electron chi connectivity index (χ0n) is 19.1. The van der Waals surface area contributed by atoms with E-state index in [0.717, 1.165) is 25.7 Å². The molecule has 0 heterocycles. The minimum Gasteiger partial charge on any atom is -0.462 e. The van der Waals surface area contributed by atoms with Crippen LogP contribution in [0.1, 0.15) is 97.8 Å². The van der Waals surface area contributed by atoms with Gasteiger partial charge in [-0.15, -0.1) is 0 Å². The molecule has 0 aromatic carbocycles. The van der Waals surface area contributed by atoms with Crippen LogP contribution in [-0.2, 0) is 14.3 Å². The number of nitrogens with one attached hydrogen (secondary N) is 2. The Morgan fingerprint density at radius 3 is 2.10 bits per heavy atom. The zero-order chi connectivity index (χ0) is 21.9. The van der Waals surface area contributed by atoms with Gasteiger partial charge in [0.05, 0.1) is 6.10 Å². The van der Waals surface area contributed by atoms with Crippen molar-refractivity contribution in [3.05, 3.63) is 12.2 Å². The Hall–Kier alpha value is -1.85. The lowest BCUT2D eigenvalue weighted by atomic mass is 10.1. The van der Waals surface area contributed by atoms with Gasteiger partial charge >= 0.3 is 5.97 Å². The van der Waals surface area contributed by atoms with Crippen LogP contribution in [0.15, 0.2) is 12.2 Å². The molecule has 0 aromatic rings. The van der Waals surface area contributed by atoms with Gasteiger partial charge < -0.3 is 9.64 Å². The molecule has 168 valence electrons. The number of allylic oxidation sites excluding steroid dienone is 2. The number of carbonyl (C=O) groups is 2. The van der Waals surface area contributed by atoms with E-state index in [1.54, 1.807) is 20.9 Å². The Labute approximate surface area is 178 Å². The zero-order valence-corrected chi connectivity index (χ0v) is 19.1. The first kappa shape index (κ1) is 27.1. The molecule has 0 aromatic heterocycles. The van der Waals surface area contributed by atoms with Crippen LogP contribution < -0.4 is 5.32 Å². The second kappa shape index (κ2) is 18.2. The summed E-state index contributed by atoms with van der Waals surface area (Å²) in [5, 5.41) is 10.4. The van der Waals surface area contributed by atoms with Gasteiger partial charge in [-0.3, -0.25) is 20.3 Å². The van der Waals surface area contributed by atoms with Crippen LogP contribution in [0, 0.1) is 5.41 Å². The maximum Gasteiger partial charge on any atom is 0.325 e. The van der Waals surface area contributed by atoms with Crippen molar-refractivity contribution in [3.8, 4) is 0 Å². The van der Waals surface area contributed by atoms with E-state index in [1.165, 1.54) is 49.8 Å². The van der Waals surface area contributed by atoms with E-state index in [4.69, 9.17) is 10.1 Å². The quantitative estimate of drug-likeness (QED) is 0.121. The van der Waals surface area contributed by atoms with Crippen LogP contribution in [0.4, 0.5) is 0 Å². The normalized spacial score (nSPS) is 11.1. The molecule has 6 heteroatoms. The van der Waals surface area contributed by atoms with Crippen LogP contribution in [0.3, 0.4) is 0 Å². The highest BCUT2D eigenvalue weighted by Crippen LogP contribution is 2.09. The number of hydrogen-bond acceptors (Lipinski definition) is 4. The molecule has 0 bridgehead atoms. The van der Waals surface area contributed by atoms with E-state index in [-0.39, 0.29) is 24.5 Å². The van der Waals surface area contributed by atoms with Gasteiger partial charge in [0.1, 0.15) is 6.54 Å². The minimum absolute atomic E-state index is 0.0511. The predicted molar refractivity (Wildman–Crippen MR) is 120 cm³/mol. The van der Waals surface area contributed by atoms with Crippen LogP contribution in [0.2, 0.25) is 0 Å². The summed E-state index contributed by atoms with van der Waals surface area (Å²) in [4.78, 5) is 24.9. The number of likely N-dealkylation sites (N-methyl/N-ethyl adjacent to an activating group) is 1. The highest BCUT2D eigenvalue weighted by atomic mass is 16.5. The molecule has 0 aliphatic rings. The molecule has 0 radical (unpaired) electrons. The Morgan fingerprint density at radius 1 is 0.966 bits per heavy atom. The van der Waals surface area contributed by atoms with E-state index in [2.05, 4.69) is 24.4 Å². The smallest absolute Gasteiger partial charge is 0.325 e. The third-order valence-electron chi connectivity index (χ3n) is 4.54. The molecule has 0 saturated carbocycles. The SMILES string of the molecule is CCCCCC/C=C\CCCCCCCC(=O)NC(=N)N(C)CC(=O)OC(C)C. The number of rotatable bonds is 16. The van der Waals surface area contributed by atoms with Crippen molar-refractivity contribution < 1.29 is 14.3 Å². The number of hydrogen-bond donors (Lipinski definition) is 2. The molecule has 0 saturated heterocycles. The average molecular weight is 410 g/mol. The summed E-state index contributed by atoms with van der Waals surface area (Å²) in [6, 6.07) is 0. The highest BCUT2D eigenvalue weighted by Gasteiger charge is 2.14. The van der Waals surface area contributed by atoms with Crippen molar-refractivity contribution in [1.82, 2.24) is 10.2 Å². The van der Waals surface area contributed by atoms with Gasteiger partial charge in [0.15, 0.2) is 5.96 Å². The van der Waals surface area contributed by atoms with Gasteiger partial charge in [-0.2, -0.15) is 0 Å². The summed E-state index contributed by atoms with van der Waals surface area (Å²) in [7, 11) is 1.59. The molecule has 0 aliphatic carbocycles. The second-order valence-corrected chi connectivity index (χ2v) is 7.92. The van der Waals surface area contributed by atoms with Crippen molar-refractivity contribution in [2.24, 2.45) is 0 Å². The van der Waals surface area contributed by atoms with Crippen LogP contribution >= 0.6 is 0 Å². The number of ether oxygens (including phenoxy) is 1. The number of nitrogens with zero attached hydrogens (tertiary/aromatic N) is 1. The molecular weight excluding hydrogens is 366 g/mol. The standard InChI is InChI=1S/C23H43N3O3/c1-5-6-7-8-9-10-11-12-13-14-15-16-17-18-21(27)25-23(24)26(4)19-22(28)29-20(2)3/h10-11,20H,5-9,12-19H2,1-4H3,(H2,24,25,27)/b11-10-. The molecule has 0 fully saturated rings. The Morgan fingerprint density at radius 2 is 1.52 bits per heavy atom. The first-order valence-corrected chi connectivity index (χ1v) is 11.3. The van der Waals surface area contributed by atoms with Crippen molar-refractivity contribution in [3.63, 3.8) is 0 Å². The van der Waals surface area contributed by atoms with Gasteiger partial charge in [0.2, 0.25) is 5.91 Å². The third-order valence-corrected chi connectivity index (χ3v) is 4.54.